The second-order valence-corrected chi connectivity index (χ2v) is 3.78. The normalized spacial score (nSPS) is 10.2. The lowest BCUT2D eigenvalue weighted by Crippen LogP contribution is -2.11. The largest absolute Gasteiger partial charge is 0.366 e. The van der Waals surface area contributed by atoms with Crippen molar-refractivity contribution in [2.45, 2.75) is 6.92 Å². The van der Waals surface area contributed by atoms with E-state index in [2.05, 4.69) is 4.98 Å². The van der Waals surface area contributed by atoms with Crippen LogP contribution in [0, 0.1) is 12.7 Å². The molecule has 0 saturated heterocycles. The van der Waals surface area contributed by atoms with Crippen LogP contribution in [0.4, 0.5) is 4.39 Å². The second kappa shape index (κ2) is 4.33. The summed E-state index contributed by atoms with van der Waals surface area (Å²) in [6, 6.07) is 7.83. The molecule has 0 aliphatic heterocycles. The Labute approximate surface area is 98.1 Å². The van der Waals surface area contributed by atoms with Crippen LogP contribution in [0.1, 0.15) is 15.9 Å². The van der Waals surface area contributed by atoms with Gasteiger partial charge in [-0.25, -0.2) is 4.39 Å². The fraction of sp³-hybridized carbons (Fsp3) is 0.0769. The van der Waals surface area contributed by atoms with Gasteiger partial charge < -0.3 is 5.73 Å². The molecule has 1 aromatic carbocycles. The van der Waals surface area contributed by atoms with Crippen LogP contribution in [0.5, 0.6) is 0 Å². The zero-order valence-corrected chi connectivity index (χ0v) is 9.27. The van der Waals surface area contributed by atoms with Crippen molar-refractivity contribution in [1.29, 1.82) is 0 Å². The third-order valence-electron chi connectivity index (χ3n) is 2.44. The van der Waals surface area contributed by atoms with Crippen LogP contribution >= 0.6 is 0 Å². The Morgan fingerprint density at radius 3 is 2.71 bits per heavy atom. The van der Waals surface area contributed by atoms with Crippen molar-refractivity contribution in [3.8, 4) is 11.3 Å². The van der Waals surface area contributed by atoms with E-state index in [9.17, 15) is 9.18 Å². The molecule has 2 rings (SSSR count). The molecule has 2 N–H and O–H groups in total. The zero-order chi connectivity index (χ0) is 12.4. The molecule has 0 aliphatic rings. The number of hydrogen-bond acceptors (Lipinski definition) is 2. The van der Waals surface area contributed by atoms with Crippen molar-refractivity contribution in [2.24, 2.45) is 5.73 Å². The molecule has 3 nitrogen and oxygen atoms in total. The molecule has 0 aliphatic carbocycles. The number of nitrogens with two attached hydrogens (primary N) is 1. The molecule has 1 aromatic heterocycles. The van der Waals surface area contributed by atoms with Gasteiger partial charge in [0.1, 0.15) is 5.82 Å². The number of primary amides is 1. The third kappa shape index (κ3) is 2.30. The van der Waals surface area contributed by atoms with Gasteiger partial charge in [0, 0.05) is 17.3 Å². The molecular weight excluding hydrogens is 219 g/mol. The number of halogens is 1. The number of carbonyl (C=O) groups is 1. The maximum absolute atomic E-state index is 13.7. The summed E-state index contributed by atoms with van der Waals surface area (Å²) in [6.45, 7) is 1.81. The van der Waals surface area contributed by atoms with Gasteiger partial charge in [0.05, 0.1) is 5.69 Å². The van der Waals surface area contributed by atoms with Gasteiger partial charge in [-0.1, -0.05) is 6.07 Å². The molecule has 17 heavy (non-hydrogen) atoms. The van der Waals surface area contributed by atoms with Crippen LogP contribution in [0.2, 0.25) is 0 Å². The third-order valence-corrected chi connectivity index (χ3v) is 2.44. The Balaban J connectivity index is 2.53. The summed E-state index contributed by atoms with van der Waals surface area (Å²) >= 11 is 0. The van der Waals surface area contributed by atoms with E-state index >= 15 is 0 Å². The van der Waals surface area contributed by atoms with Gasteiger partial charge in [-0.2, -0.15) is 0 Å². The first-order valence-corrected chi connectivity index (χ1v) is 5.10. The highest BCUT2D eigenvalue weighted by Gasteiger charge is 2.08. The smallest absolute Gasteiger partial charge is 0.248 e. The number of pyridine rings is 1. The highest BCUT2D eigenvalue weighted by molar-refractivity contribution is 5.93. The van der Waals surface area contributed by atoms with Gasteiger partial charge in [0.2, 0.25) is 5.91 Å². The monoisotopic (exact) mass is 230 g/mol. The van der Waals surface area contributed by atoms with Crippen molar-refractivity contribution in [3.63, 3.8) is 0 Å². The molecule has 0 radical (unpaired) electrons. The van der Waals surface area contributed by atoms with Gasteiger partial charge in [0.25, 0.3) is 0 Å². The fourth-order valence-electron chi connectivity index (χ4n) is 1.56. The Bertz CT molecular complexity index is 581. The Hall–Kier alpha value is -2.23. The standard InChI is InChI=1S/C13H11FN2O/c1-8-2-3-10(11(14)6-8)12-7-9(13(15)17)4-5-16-12/h2-7H,1H3,(H2,15,17). The summed E-state index contributed by atoms with van der Waals surface area (Å²) in [5, 5.41) is 0. The maximum Gasteiger partial charge on any atom is 0.248 e. The van der Waals surface area contributed by atoms with Crippen LogP contribution in [0.15, 0.2) is 36.5 Å². The minimum absolute atomic E-state index is 0.315. The quantitative estimate of drug-likeness (QED) is 0.860. The number of amides is 1. The van der Waals surface area contributed by atoms with Gasteiger partial charge in [-0.3, -0.25) is 9.78 Å². The highest BCUT2D eigenvalue weighted by Crippen LogP contribution is 2.22. The van der Waals surface area contributed by atoms with E-state index in [0.29, 0.717) is 16.8 Å². The molecule has 86 valence electrons. The fourth-order valence-corrected chi connectivity index (χ4v) is 1.56. The van der Waals surface area contributed by atoms with Crippen molar-refractivity contribution in [2.75, 3.05) is 0 Å². The average Bonchev–Trinajstić information content (AvgIpc) is 2.29. The maximum atomic E-state index is 13.7. The van der Waals surface area contributed by atoms with Gasteiger partial charge in [-0.05, 0) is 36.8 Å². The topological polar surface area (TPSA) is 56.0 Å². The van der Waals surface area contributed by atoms with Crippen molar-refractivity contribution < 1.29 is 9.18 Å². The lowest BCUT2D eigenvalue weighted by Gasteiger charge is -2.04. The molecule has 0 atom stereocenters. The van der Waals surface area contributed by atoms with Gasteiger partial charge in [-0.15, -0.1) is 0 Å². The summed E-state index contributed by atoms with van der Waals surface area (Å²) in [7, 11) is 0. The first kappa shape index (κ1) is 11.3. The van der Waals surface area contributed by atoms with Gasteiger partial charge in [0.15, 0.2) is 0 Å². The predicted octanol–water partition coefficient (Wildman–Crippen LogP) is 2.30. The summed E-state index contributed by atoms with van der Waals surface area (Å²) in [5.41, 5.74) is 7.07. The Kier molecular flexibility index (Phi) is 2.87. The van der Waals surface area contributed by atoms with E-state index in [1.54, 1.807) is 19.1 Å². The average molecular weight is 230 g/mol. The number of aromatic nitrogens is 1. The molecule has 0 bridgehead atoms. The first-order valence-electron chi connectivity index (χ1n) is 5.10. The molecule has 0 saturated carbocycles. The lowest BCUT2D eigenvalue weighted by molar-refractivity contribution is 0.1000. The number of benzene rings is 1. The summed E-state index contributed by atoms with van der Waals surface area (Å²) < 4.78 is 13.7. The lowest BCUT2D eigenvalue weighted by atomic mass is 10.1. The van der Waals surface area contributed by atoms with Crippen molar-refractivity contribution >= 4 is 5.91 Å². The number of aryl methyl sites for hydroxylation is 1. The Morgan fingerprint density at radius 2 is 2.06 bits per heavy atom. The minimum atomic E-state index is -0.554. The summed E-state index contributed by atoms with van der Waals surface area (Å²) in [5.74, 6) is -0.916. The Morgan fingerprint density at radius 1 is 1.29 bits per heavy atom. The van der Waals surface area contributed by atoms with Gasteiger partial charge >= 0.3 is 0 Å². The van der Waals surface area contributed by atoms with E-state index in [1.807, 2.05) is 0 Å². The second-order valence-electron chi connectivity index (χ2n) is 3.78. The van der Waals surface area contributed by atoms with Crippen molar-refractivity contribution in [3.05, 3.63) is 53.5 Å². The first-order chi connectivity index (χ1) is 8.08. The summed E-state index contributed by atoms with van der Waals surface area (Å²) in [4.78, 5) is 15.1. The SMILES string of the molecule is Cc1ccc(-c2cc(C(N)=O)ccn2)c(F)c1. The molecule has 2 aromatic rings. The van der Waals surface area contributed by atoms with Crippen LogP contribution in [-0.2, 0) is 0 Å². The molecule has 0 spiro atoms. The van der Waals surface area contributed by atoms with E-state index in [0.717, 1.165) is 5.56 Å². The number of carbonyl (C=O) groups excluding carboxylic acids is 1. The van der Waals surface area contributed by atoms with E-state index < -0.39 is 5.91 Å². The summed E-state index contributed by atoms with van der Waals surface area (Å²) in [6.07, 6.45) is 1.44. The molecule has 0 unspecified atom stereocenters. The molecule has 1 heterocycles. The molecule has 0 fully saturated rings. The molecule has 1 amide bonds. The highest BCUT2D eigenvalue weighted by atomic mass is 19.1. The minimum Gasteiger partial charge on any atom is -0.366 e. The van der Waals surface area contributed by atoms with E-state index in [1.165, 1.54) is 24.4 Å². The predicted molar refractivity (Wildman–Crippen MR) is 62.9 cm³/mol. The van der Waals surface area contributed by atoms with Crippen LogP contribution < -0.4 is 5.73 Å². The van der Waals surface area contributed by atoms with Crippen LogP contribution in [0.3, 0.4) is 0 Å². The number of rotatable bonds is 2. The van der Waals surface area contributed by atoms with Crippen molar-refractivity contribution in [1.82, 2.24) is 4.98 Å². The van der Waals surface area contributed by atoms with E-state index in [4.69, 9.17) is 5.73 Å². The molecular formula is C13H11FN2O. The number of nitrogens with zero attached hydrogens (tertiary/aromatic N) is 1. The van der Waals surface area contributed by atoms with Crippen LogP contribution in [0.25, 0.3) is 11.3 Å². The van der Waals surface area contributed by atoms with Crippen LogP contribution in [-0.4, -0.2) is 10.9 Å². The zero-order valence-electron chi connectivity index (χ0n) is 9.27. The molecule has 4 heteroatoms. The van der Waals surface area contributed by atoms with E-state index in [-0.39, 0.29) is 5.82 Å². The number of hydrogen-bond donors (Lipinski definition) is 1.